The van der Waals surface area contributed by atoms with Crippen LogP contribution in [0.2, 0.25) is 0 Å². The Kier molecular flexibility index (Phi) is 3.34. The number of rotatable bonds is 5. The Bertz CT molecular complexity index is 347. The van der Waals surface area contributed by atoms with Gasteiger partial charge in [0.25, 0.3) is 0 Å². The van der Waals surface area contributed by atoms with Gasteiger partial charge in [0.15, 0.2) is 0 Å². The van der Waals surface area contributed by atoms with Crippen LogP contribution in [0.5, 0.6) is 0 Å². The maximum atomic E-state index is 5.88. The highest BCUT2D eigenvalue weighted by Gasteiger charge is 2.28. The molecule has 3 nitrogen and oxygen atoms in total. The SMILES string of the molecule is CC(CNc1ccccc1N)N(C)C1CC1. The highest BCUT2D eigenvalue weighted by atomic mass is 15.2. The van der Waals surface area contributed by atoms with Crippen LogP contribution in [0.1, 0.15) is 19.8 Å². The van der Waals surface area contributed by atoms with Crippen molar-refractivity contribution in [2.24, 2.45) is 0 Å². The lowest BCUT2D eigenvalue weighted by molar-refractivity contribution is 0.257. The van der Waals surface area contributed by atoms with E-state index >= 15 is 0 Å². The lowest BCUT2D eigenvalue weighted by Gasteiger charge is -2.25. The largest absolute Gasteiger partial charge is 0.397 e. The number of para-hydroxylation sites is 2. The van der Waals surface area contributed by atoms with E-state index in [4.69, 9.17) is 5.73 Å². The summed E-state index contributed by atoms with van der Waals surface area (Å²) in [5.41, 5.74) is 7.74. The number of nitrogens with zero attached hydrogens (tertiary/aromatic N) is 1. The van der Waals surface area contributed by atoms with Crippen molar-refractivity contribution in [1.29, 1.82) is 0 Å². The van der Waals surface area contributed by atoms with E-state index in [-0.39, 0.29) is 0 Å². The second kappa shape index (κ2) is 4.74. The van der Waals surface area contributed by atoms with Crippen LogP contribution in [-0.2, 0) is 0 Å². The van der Waals surface area contributed by atoms with Crippen LogP contribution in [0.3, 0.4) is 0 Å². The molecule has 0 spiro atoms. The number of likely N-dealkylation sites (N-methyl/N-ethyl adjacent to an activating group) is 1. The number of anilines is 2. The predicted octanol–water partition coefficient (Wildman–Crippen LogP) is 2.16. The first kappa shape index (κ1) is 11.3. The van der Waals surface area contributed by atoms with Crippen LogP contribution in [0.25, 0.3) is 0 Å². The zero-order valence-electron chi connectivity index (χ0n) is 10.1. The number of nitrogen functional groups attached to an aromatic ring is 1. The first-order valence-corrected chi connectivity index (χ1v) is 5.99. The maximum absolute atomic E-state index is 5.88. The molecule has 0 bridgehead atoms. The Balaban J connectivity index is 1.84. The monoisotopic (exact) mass is 219 g/mol. The molecule has 1 saturated carbocycles. The molecule has 3 heteroatoms. The molecule has 0 saturated heterocycles. The molecule has 0 aromatic heterocycles. The summed E-state index contributed by atoms with van der Waals surface area (Å²) in [7, 11) is 2.21. The summed E-state index contributed by atoms with van der Waals surface area (Å²) in [6.45, 7) is 3.20. The minimum Gasteiger partial charge on any atom is -0.397 e. The van der Waals surface area contributed by atoms with E-state index in [2.05, 4.69) is 24.2 Å². The van der Waals surface area contributed by atoms with E-state index in [1.807, 2.05) is 24.3 Å². The molecule has 3 N–H and O–H groups in total. The first-order chi connectivity index (χ1) is 7.68. The molecule has 0 radical (unpaired) electrons. The van der Waals surface area contributed by atoms with Crippen molar-refractivity contribution in [2.45, 2.75) is 31.8 Å². The van der Waals surface area contributed by atoms with Crippen molar-refractivity contribution in [3.05, 3.63) is 24.3 Å². The molecule has 0 aliphatic heterocycles. The Morgan fingerprint density at radius 1 is 1.44 bits per heavy atom. The van der Waals surface area contributed by atoms with Crippen LogP contribution in [0.15, 0.2) is 24.3 Å². The van der Waals surface area contributed by atoms with Crippen LogP contribution in [0, 0.1) is 0 Å². The zero-order valence-corrected chi connectivity index (χ0v) is 10.1. The van der Waals surface area contributed by atoms with Gasteiger partial charge < -0.3 is 11.1 Å². The summed E-state index contributed by atoms with van der Waals surface area (Å²) in [4.78, 5) is 2.45. The van der Waals surface area contributed by atoms with Gasteiger partial charge in [-0.2, -0.15) is 0 Å². The van der Waals surface area contributed by atoms with Crippen molar-refractivity contribution in [3.63, 3.8) is 0 Å². The molecule has 1 fully saturated rings. The van der Waals surface area contributed by atoms with Gasteiger partial charge >= 0.3 is 0 Å². The van der Waals surface area contributed by atoms with Gasteiger partial charge in [-0.05, 0) is 38.9 Å². The molecule has 88 valence electrons. The maximum Gasteiger partial charge on any atom is 0.0574 e. The second-order valence-corrected chi connectivity index (χ2v) is 4.71. The number of nitrogens with one attached hydrogen (secondary N) is 1. The standard InChI is InChI=1S/C13H21N3/c1-10(16(2)11-7-8-11)9-15-13-6-4-3-5-12(13)14/h3-6,10-11,15H,7-9,14H2,1-2H3. The third kappa shape index (κ3) is 2.67. The summed E-state index contributed by atoms with van der Waals surface area (Å²) in [5, 5.41) is 3.41. The topological polar surface area (TPSA) is 41.3 Å². The number of hydrogen-bond donors (Lipinski definition) is 2. The molecule has 0 amide bonds. The zero-order chi connectivity index (χ0) is 11.5. The Labute approximate surface area is 97.6 Å². The Morgan fingerprint density at radius 3 is 2.75 bits per heavy atom. The van der Waals surface area contributed by atoms with Gasteiger partial charge in [-0.25, -0.2) is 0 Å². The van der Waals surface area contributed by atoms with E-state index < -0.39 is 0 Å². The van der Waals surface area contributed by atoms with Crippen LogP contribution < -0.4 is 11.1 Å². The normalized spacial score (nSPS) is 17.4. The fraction of sp³-hybridized carbons (Fsp3) is 0.538. The van der Waals surface area contributed by atoms with E-state index in [0.717, 1.165) is 24.0 Å². The van der Waals surface area contributed by atoms with Crippen LogP contribution >= 0.6 is 0 Å². The van der Waals surface area contributed by atoms with Gasteiger partial charge in [0, 0.05) is 18.6 Å². The van der Waals surface area contributed by atoms with Crippen LogP contribution in [-0.4, -0.2) is 30.6 Å². The van der Waals surface area contributed by atoms with Crippen LogP contribution in [0.4, 0.5) is 11.4 Å². The average Bonchev–Trinajstić information content (AvgIpc) is 3.10. The molecule has 1 unspecified atom stereocenters. The third-order valence-electron chi connectivity index (χ3n) is 3.37. The van der Waals surface area contributed by atoms with Gasteiger partial charge in [-0.1, -0.05) is 12.1 Å². The summed E-state index contributed by atoms with van der Waals surface area (Å²) < 4.78 is 0. The first-order valence-electron chi connectivity index (χ1n) is 5.99. The molecule has 1 aliphatic carbocycles. The molecular weight excluding hydrogens is 198 g/mol. The smallest absolute Gasteiger partial charge is 0.0574 e. The summed E-state index contributed by atoms with van der Waals surface area (Å²) >= 11 is 0. The summed E-state index contributed by atoms with van der Waals surface area (Å²) in [6, 6.07) is 9.28. The number of hydrogen-bond acceptors (Lipinski definition) is 3. The van der Waals surface area contributed by atoms with Crippen molar-refractivity contribution in [3.8, 4) is 0 Å². The average molecular weight is 219 g/mol. The lowest BCUT2D eigenvalue weighted by atomic mass is 10.2. The van der Waals surface area contributed by atoms with Gasteiger partial charge in [-0.3, -0.25) is 4.90 Å². The minimum absolute atomic E-state index is 0.548. The molecule has 1 aromatic carbocycles. The number of benzene rings is 1. The molecule has 1 atom stereocenters. The highest BCUT2D eigenvalue weighted by Crippen LogP contribution is 2.27. The van der Waals surface area contributed by atoms with E-state index in [1.54, 1.807) is 0 Å². The quantitative estimate of drug-likeness (QED) is 0.746. The molecule has 1 aliphatic rings. The third-order valence-corrected chi connectivity index (χ3v) is 3.37. The van der Waals surface area contributed by atoms with E-state index in [1.165, 1.54) is 12.8 Å². The van der Waals surface area contributed by atoms with Crippen molar-refractivity contribution in [1.82, 2.24) is 4.90 Å². The van der Waals surface area contributed by atoms with Gasteiger partial charge in [-0.15, -0.1) is 0 Å². The lowest BCUT2D eigenvalue weighted by Crippen LogP contribution is -2.36. The fourth-order valence-corrected chi connectivity index (χ4v) is 1.90. The highest BCUT2D eigenvalue weighted by molar-refractivity contribution is 5.65. The van der Waals surface area contributed by atoms with Crippen molar-refractivity contribution < 1.29 is 0 Å². The van der Waals surface area contributed by atoms with Crippen molar-refractivity contribution in [2.75, 3.05) is 24.6 Å². The minimum atomic E-state index is 0.548. The molecule has 0 heterocycles. The Hall–Kier alpha value is -1.22. The van der Waals surface area contributed by atoms with Crippen molar-refractivity contribution >= 4 is 11.4 Å². The van der Waals surface area contributed by atoms with Gasteiger partial charge in [0.05, 0.1) is 11.4 Å². The van der Waals surface area contributed by atoms with Gasteiger partial charge in [0.2, 0.25) is 0 Å². The number of nitrogens with two attached hydrogens (primary N) is 1. The van der Waals surface area contributed by atoms with E-state index in [9.17, 15) is 0 Å². The predicted molar refractivity (Wildman–Crippen MR) is 69.6 cm³/mol. The Morgan fingerprint density at radius 2 is 2.12 bits per heavy atom. The molecule has 2 rings (SSSR count). The summed E-state index contributed by atoms with van der Waals surface area (Å²) in [6.07, 6.45) is 2.71. The fourth-order valence-electron chi connectivity index (χ4n) is 1.90. The van der Waals surface area contributed by atoms with Gasteiger partial charge in [0.1, 0.15) is 0 Å². The molecule has 1 aromatic rings. The van der Waals surface area contributed by atoms with E-state index in [0.29, 0.717) is 6.04 Å². The molecular formula is C13H21N3. The second-order valence-electron chi connectivity index (χ2n) is 4.71. The summed E-state index contributed by atoms with van der Waals surface area (Å²) in [5.74, 6) is 0. The molecule has 16 heavy (non-hydrogen) atoms.